The molecule has 0 saturated heterocycles. The highest BCUT2D eigenvalue weighted by molar-refractivity contribution is 9.47. The van der Waals surface area contributed by atoms with Crippen molar-refractivity contribution in [1.82, 2.24) is 5.32 Å². The smallest absolute Gasteiger partial charge is 0.312 e. The Morgan fingerprint density at radius 1 is 1.00 bits per heavy atom. The number of nitrogens with one attached hydrogen (secondary N) is 1. The molecule has 0 bridgehead atoms. The van der Waals surface area contributed by atoms with Gasteiger partial charge in [-0.3, -0.25) is 25.8 Å². The van der Waals surface area contributed by atoms with Crippen molar-refractivity contribution in [2.24, 2.45) is 0 Å². The molecular weight excluding hydrogens is 306 g/mol. The second kappa shape index (κ2) is 19.3. The van der Waals surface area contributed by atoms with E-state index in [1.54, 1.807) is 0 Å². The van der Waals surface area contributed by atoms with E-state index in [1.165, 1.54) is 0 Å². The molecule has 0 aromatic rings. The lowest BCUT2D eigenvalue weighted by Crippen LogP contribution is -2.29. The van der Waals surface area contributed by atoms with E-state index in [1.807, 2.05) is 20.3 Å². The van der Waals surface area contributed by atoms with E-state index in [0.29, 0.717) is 12.1 Å². The zero-order valence-electron chi connectivity index (χ0n) is 9.70. The third-order valence-electron chi connectivity index (χ3n) is 0.667. The minimum Gasteiger partial charge on any atom is -0.312 e. The van der Waals surface area contributed by atoms with Crippen LogP contribution in [-0.4, -0.2) is 28.1 Å². The van der Waals surface area contributed by atoms with Gasteiger partial charge in [0.25, 0.3) is 0 Å². The molecular formula is C9H22Br2MgN. The summed E-state index contributed by atoms with van der Waals surface area (Å²) < 4.78 is 0. The summed E-state index contributed by atoms with van der Waals surface area (Å²) in [6, 6.07) is 1.25. The fourth-order valence-electron chi connectivity index (χ4n) is 0.667. The molecule has 0 saturated carbocycles. The molecule has 0 unspecified atom stereocenters. The number of rotatable bonds is 2. The summed E-state index contributed by atoms with van der Waals surface area (Å²) >= 11 is 6.44. The zero-order chi connectivity index (χ0) is 11.3. The molecule has 1 N–H and O–H groups in total. The Kier molecular flexibility index (Phi) is 29.9. The highest BCUT2D eigenvalue weighted by atomic mass is 79.9. The van der Waals surface area contributed by atoms with Crippen LogP contribution >= 0.6 is 25.8 Å². The van der Waals surface area contributed by atoms with Gasteiger partial charge in [0.1, 0.15) is 0 Å². The molecule has 0 aromatic heterocycles. The van der Waals surface area contributed by atoms with Gasteiger partial charge in [0, 0.05) is 12.1 Å². The Labute approximate surface area is 106 Å². The van der Waals surface area contributed by atoms with E-state index in [9.17, 15) is 0 Å². The van der Waals surface area contributed by atoms with Crippen molar-refractivity contribution in [1.29, 1.82) is 0 Å². The lowest BCUT2D eigenvalue weighted by Gasteiger charge is -2.10. The number of hydrogen-bond acceptors (Lipinski definition) is 1. The van der Waals surface area contributed by atoms with Crippen LogP contribution in [-0.2, 0) is 0 Å². The summed E-state index contributed by atoms with van der Waals surface area (Å²) in [7, 11) is 0. The van der Waals surface area contributed by atoms with Crippen LogP contribution in [0.15, 0.2) is 0 Å². The van der Waals surface area contributed by atoms with Crippen LogP contribution in [0.1, 0.15) is 41.5 Å². The molecule has 1 nitrogen and oxygen atoms in total. The van der Waals surface area contributed by atoms with Crippen molar-refractivity contribution >= 4 is 41.8 Å². The van der Waals surface area contributed by atoms with Crippen LogP contribution in [0.5, 0.6) is 0 Å². The topological polar surface area (TPSA) is 12.0 Å². The molecule has 0 aliphatic rings. The first-order chi connectivity index (χ1) is 5.95. The van der Waals surface area contributed by atoms with Gasteiger partial charge < -0.3 is 5.32 Å². The molecule has 0 fully saturated rings. The lowest BCUT2D eigenvalue weighted by atomic mass is 10.3. The van der Waals surface area contributed by atoms with E-state index in [4.69, 9.17) is 0 Å². The van der Waals surface area contributed by atoms with Gasteiger partial charge in [-0.2, -0.15) is 0 Å². The highest BCUT2D eigenvalue weighted by Gasteiger charge is 1.92. The van der Waals surface area contributed by atoms with Gasteiger partial charge in [-0.05, 0) is 6.42 Å². The van der Waals surface area contributed by atoms with Crippen molar-refractivity contribution in [2.45, 2.75) is 53.6 Å². The van der Waals surface area contributed by atoms with E-state index in [2.05, 4.69) is 58.8 Å². The van der Waals surface area contributed by atoms with Crippen LogP contribution in [0, 0.1) is 6.42 Å². The largest absolute Gasteiger partial charge is 0.560 e. The summed E-state index contributed by atoms with van der Waals surface area (Å²) in [5.74, 6) is 0. The molecule has 0 heterocycles. The summed E-state index contributed by atoms with van der Waals surface area (Å²) in [6.45, 7) is 12.6. The molecule has 1 radical (unpaired) electrons. The maximum Gasteiger partial charge on any atom is 0.560 e. The molecule has 4 heteroatoms. The van der Waals surface area contributed by atoms with Crippen LogP contribution in [0.2, 0.25) is 0 Å². The number of halogens is 2. The monoisotopic (exact) mass is 326 g/mol. The average molecular weight is 328 g/mol. The summed E-state index contributed by atoms with van der Waals surface area (Å²) in [5, 5.41) is 3.31. The standard InChI is InChI=1S/C6H15N.C3H7.2BrH.Mg/c1-5(2)7-6(3)4;1-3-2;;;/h5-7H,1-4H3;3H,1-2H3;2*1H;/q;;;;+2/p-2. The van der Waals surface area contributed by atoms with Crippen LogP contribution in [0.25, 0.3) is 0 Å². The zero-order valence-corrected chi connectivity index (χ0v) is 14.3. The molecule has 0 atom stereocenters. The third-order valence-corrected chi connectivity index (χ3v) is 0.667. The van der Waals surface area contributed by atoms with Crippen LogP contribution in [0.3, 0.4) is 0 Å². The van der Waals surface area contributed by atoms with Gasteiger partial charge in [-0.25, -0.2) is 0 Å². The average Bonchev–Trinajstić information content (AvgIpc) is 1.86. The van der Waals surface area contributed by atoms with Gasteiger partial charge in [0.2, 0.25) is 0 Å². The van der Waals surface area contributed by atoms with Crippen molar-refractivity contribution in [3.63, 3.8) is 0 Å². The van der Waals surface area contributed by atoms with Gasteiger partial charge in [-0.15, -0.1) is 0 Å². The first kappa shape index (κ1) is 20.1. The second-order valence-corrected chi connectivity index (χ2v) is 11.2. The Balaban J connectivity index is -0.000000140. The minimum absolute atomic E-state index is 0.0417. The lowest BCUT2D eigenvalue weighted by molar-refractivity contribution is 0.518. The van der Waals surface area contributed by atoms with E-state index in [-0.39, 0.29) is 16.0 Å². The highest BCUT2D eigenvalue weighted by Crippen LogP contribution is 1.80. The second-order valence-electron chi connectivity index (χ2n) is 3.15. The fourth-order valence-corrected chi connectivity index (χ4v) is 0.667. The Hall–Kier alpha value is 1.69. The third kappa shape index (κ3) is 57.8. The summed E-state index contributed by atoms with van der Waals surface area (Å²) in [5.41, 5.74) is 0. The Morgan fingerprint density at radius 2 is 1.15 bits per heavy atom. The molecule has 79 valence electrons. The van der Waals surface area contributed by atoms with E-state index in [0.717, 1.165) is 0 Å². The first-order valence-electron chi connectivity index (χ1n) is 4.58. The van der Waals surface area contributed by atoms with E-state index >= 15 is 0 Å². The van der Waals surface area contributed by atoms with Gasteiger partial charge in [0.05, 0.1) is 0 Å². The van der Waals surface area contributed by atoms with Gasteiger partial charge >= 0.3 is 16.0 Å². The molecule has 0 aliphatic heterocycles. The molecule has 0 aliphatic carbocycles. The Morgan fingerprint density at radius 3 is 1.15 bits per heavy atom. The van der Waals surface area contributed by atoms with Crippen molar-refractivity contribution in [3.05, 3.63) is 6.42 Å². The molecule has 0 aromatic carbocycles. The molecule has 0 spiro atoms. The SMILES string of the molecule is CC(C)NC(C)C.C[CH]C.[Br][Mg][Br]. The predicted octanol–water partition coefficient (Wildman–Crippen LogP) is 3.93. The Bertz CT molecular complexity index is 62.6. The summed E-state index contributed by atoms with van der Waals surface area (Å²) in [4.78, 5) is 0. The molecule has 0 amide bonds. The quantitative estimate of drug-likeness (QED) is 0.757. The summed E-state index contributed by atoms with van der Waals surface area (Å²) in [6.07, 6.45) is 2.00. The van der Waals surface area contributed by atoms with Crippen LogP contribution < -0.4 is 5.32 Å². The van der Waals surface area contributed by atoms with Crippen molar-refractivity contribution in [2.75, 3.05) is 0 Å². The van der Waals surface area contributed by atoms with Gasteiger partial charge in [-0.1, -0.05) is 41.5 Å². The first-order valence-corrected chi connectivity index (χ1v) is 12.4. The maximum absolute atomic E-state index is 3.31. The predicted molar refractivity (Wildman–Crippen MR) is 72.7 cm³/mol. The van der Waals surface area contributed by atoms with Crippen LogP contribution in [0.4, 0.5) is 0 Å². The maximum atomic E-state index is 3.31. The molecule has 0 rings (SSSR count). The van der Waals surface area contributed by atoms with Gasteiger partial charge in [0.15, 0.2) is 0 Å². The van der Waals surface area contributed by atoms with Crippen molar-refractivity contribution in [3.8, 4) is 0 Å². The molecule has 13 heavy (non-hydrogen) atoms. The normalized spacial score (nSPS) is 8.15. The minimum atomic E-state index is 0.0417. The number of hydrogen-bond donors (Lipinski definition) is 1. The van der Waals surface area contributed by atoms with Crippen molar-refractivity contribution < 1.29 is 0 Å². The fraction of sp³-hybridized carbons (Fsp3) is 0.889. The van der Waals surface area contributed by atoms with E-state index < -0.39 is 0 Å².